The molecule has 1 aliphatic rings. The topological polar surface area (TPSA) is 95.1 Å². The summed E-state index contributed by atoms with van der Waals surface area (Å²) in [6, 6.07) is 14.6. The van der Waals surface area contributed by atoms with Crippen LogP contribution < -0.4 is 10.6 Å². The zero-order chi connectivity index (χ0) is 16.2. The summed E-state index contributed by atoms with van der Waals surface area (Å²) in [6.07, 6.45) is 1.23. The van der Waals surface area contributed by atoms with Crippen LogP contribution >= 0.6 is 0 Å². The quantitative estimate of drug-likeness (QED) is 0.407. The molecule has 0 aliphatic carbocycles. The number of hydrogen-bond donors (Lipinski definition) is 1. The van der Waals surface area contributed by atoms with Crippen molar-refractivity contribution in [3.05, 3.63) is 70.1 Å². The van der Waals surface area contributed by atoms with Gasteiger partial charge < -0.3 is 10.6 Å². The number of nitrogen functional groups attached to an aromatic ring is 1. The Bertz CT molecular complexity index is 782. The fourth-order valence-electron chi connectivity index (χ4n) is 2.91. The van der Waals surface area contributed by atoms with Crippen molar-refractivity contribution in [2.24, 2.45) is 5.11 Å². The number of rotatable bonds is 3. The summed E-state index contributed by atoms with van der Waals surface area (Å²) < 4.78 is 0. The van der Waals surface area contributed by atoms with E-state index in [1.54, 1.807) is 4.90 Å². The summed E-state index contributed by atoms with van der Waals surface area (Å²) in [5, 5.41) is 3.68. The first kappa shape index (κ1) is 14.9. The molecule has 1 aliphatic heterocycles. The minimum Gasteiger partial charge on any atom is -0.399 e. The molecule has 2 aromatic carbocycles. The predicted octanol–water partition coefficient (Wildman–Crippen LogP) is 3.43. The highest BCUT2D eigenvalue weighted by Gasteiger charge is 2.29. The Balaban J connectivity index is 2.01. The first-order chi connectivity index (χ1) is 11.2. The molecule has 1 unspecified atom stereocenters. The zero-order valence-corrected chi connectivity index (χ0v) is 12.6. The van der Waals surface area contributed by atoms with Gasteiger partial charge >= 0.3 is 0 Å². The van der Waals surface area contributed by atoms with Crippen LogP contribution in [0.2, 0.25) is 0 Å². The van der Waals surface area contributed by atoms with Gasteiger partial charge in [0.05, 0.1) is 6.54 Å². The van der Waals surface area contributed by atoms with Crippen molar-refractivity contribution < 1.29 is 4.79 Å². The van der Waals surface area contributed by atoms with E-state index < -0.39 is 6.04 Å². The number of amides is 1. The summed E-state index contributed by atoms with van der Waals surface area (Å²) in [7, 11) is 0. The lowest BCUT2D eigenvalue weighted by Gasteiger charge is -2.25. The van der Waals surface area contributed by atoms with Gasteiger partial charge in [0.25, 0.3) is 0 Å². The van der Waals surface area contributed by atoms with Crippen molar-refractivity contribution in [2.45, 2.75) is 25.4 Å². The smallest absolute Gasteiger partial charge is 0.236 e. The molecule has 1 heterocycles. The summed E-state index contributed by atoms with van der Waals surface area (Å²) in [6.45, 7) is 0.401. The van der Waals surface area contributed by atoms with Crippen LogP contribution in [0, 0.1) is 0 Å². The largest absolute Gasteiger partial charge is 0.399 e. The number of para-hydroxylation sites is 1. The number of anilines is 2. The zero-order valence-electron chi connectivity index (χ0n) is 12.6. The molecule has 0 fully saturated rings. The van der Waals surface area contributed by atoms with Gasteiger partial charge in [-0.3, -0.25) is 4.79 Å². The lowest BCUT2D eigenvalue weighted by molar-refractivity contribution is -0.119. The van der Waals surface area contributed by atoms with Crippen LogP contribution in [0.4, 0.5) is 11.4 Å². The number of azide groups is 1. The van der Waals surface area contributed by atoms with Gasteiger partial charge in [-0.05, 0) is 47.7 Å². The van der Waals surface area contributed by atoms with Gasteiger partial charge in [0.1, 0.15) is 6.04 Å². The van der Waals surface area contributed by atoms with Crippen LogP contribution in [0.3, 0.4) is 0 Å². The van der Waals surface area contributed by atoms with Crippen molar-refractivity contribution in [3.8, 4) is 0 Å². The van der Waals surface area contributed by atoms with Crippen LogP contribution in [0.25, 0.3) is 10.4 Å². The third kappa shape index (κ3) is 3.12. The van der Waals surface area contributed by atoms with Crippen molar-refractivity contribution in [3.63, 3.8) is 0 Å². The molecule has 0 saturated carbocycles. The number of nitrogens with two attached hydrogens (primary N) is 1. The molecule has 6 nitrogen and oxygen atoms in total. The molecule has 0 aromatic heterocycles. The number of carbonyl (C=O) groups excluding carboxylic acids is 1. The van der Waals surface area contributed by atoms with Gasteiger partial charge in [-0.15, -0.1) is 0 Å². The van der Waals surface area contributed by atoms with Gasteiger partial charge in [0, 0.05) is 16.3 Å². The monoisotopic (exact) mass is 307 g/mol. The van der Waals surface area contributed by atoms with E-state index in [2.05, 4.69) is 10.0 Å². The standard InChI is InChI=1S/C17H17N5O/c18-14-6-3-4-12(10-14)11-22-16-7-2-1-5-13(16)8-9-15(17(22)23)20-21-19/h1-7,10,15H,8-9,11,18H2. The Morgan fingerprint density at radius 1 is 1.26 bits per heavy atom. The van der Waals surface area contributed by atoms with E-state index in [-0.39, 0.29) is 5.91 Å². The maximum atomic E-state index is 12.8. The van der Waals surface area contributed by atoms with Gasteiger partial charge in [0.2, 0.25) is 5.91 Å². The molecule has 1 atom stereocenters. The normalized spacial score (nSPS) is 17.1. The summed E-state index contributed by atoms with van der Waals surface area (Å²) >= 11 is 0. The second-order valence-corrected chi connectivity index (χ2v) is 5.56. The van der Waals surface area contributed by atoms with Gasteiger partial charge in [0.15, 0.2) is 0 Å². The molecule has 6 heteroatoms. The highest BCUT2D eigenvalue weighted by atomic mass is 16.2. The fraction of sp³-hybridized carbons (Fsp3) is 0.235. The number of benzene rings is 2. The van der Waals surface area contributed by atoms with E-state index in [1.807, 2.05) is 48.5 Å². The molecule has 0 bridgehead atoms. The Labute approximate surface area is 134 Å². The van der Waals surface area contributed by atoms with Crippen LogP contribution in [0.1, 0.15) is 17.5 Å². The number of fused-ring (bicyclic) bond motifs is 1. The number of aryl methyl sites for hydroxylation is 1. The average molecular weight is 307 g/mol. The Hall–Kier alpha value is -2.98. The van der Waals surface area contributed by atoms with Crippen LogP contribution in [-0.2, 0) is 17.8 Å². The lowest BCUT2D eigenvalue weighted by Crippen LogP contribution is -2.36. The summed E-state index contributed by atoms with van der Waals surface area (Å²) in [5.41, 5.74) is 18.1. The highest BCUT2D eigenvalue weighted by molar-refractivity contribution is 5.98. The summed E-state index contributed by atoms with van der Waals surface area (Å²) in [4.78, 5) is 17.3. The van der Waals surface area contributed by atoms with Crippen LogP contribution in [0.5, 0.6) is 0 Å². The third-order valence-electron chi connectivity index (χ3n) is 4.00. The molecule has 0 radical (unpaired) electrons. The van der Waals surface area contributed by atoms with E-state index in [1.165, 1.54) is 0 Å². The average Bonchev–Trinajstić information content (AvgIpc) is 2.68. The Morgan fingerprint density at radius 3 is 2.87 bits per heavy atom. The minimum atomic E-state index is -0.673. The second kappa shape index (κ2) is 6.42. The lowest BCUT2D eigenvalue weighted by atomic mass is 10.1. The molecule has 2 aromatic rings. The van der Waals surface area contributed by atoms with E-state index in [0.29, 0.717) is 25.1 Å². The van der Waals surface area contributed by atoms with Gasteiger partial charge in [-0.1, -0.05) is 35.4 Å². The third-order valence-corrected chi connectivity index (χ3v) is 4.00. The molecule has 0 saturated heterocycles. The van der Waals surface area contributed by atoms with Crippen molar-refractivity contribution in [2.75, 3.05) is 10.6 Å². The highest BCUT2D eigenvalue weighted by Crippen LogP contribution is 2.29. The first-order valence-corrected chi connectivity index (χ1v) is 7.47. The molecule has 3 rings (SSSR count). The molecular formula is C17H17N5O. The van der Waals surface area contributed by atoms with E-state index >= 15 is 0 Å². The number of hydrogen-bond acceptors (Lipinski definition) is 3. The molecule has 0 spiro atoms. The van der Waals surface area contributed by atoms with E-state index in [0.717, 1.165) is 16.8 Å². The number of nitrogens with zero attached hydrogens (tertiary/aromatic N) is 4. The maximum absolute atomic E-state index is 12.8. The fourth-order valence-corrected chi connectivity index (χ4v) is 2.91. The van der Waals surface area contributed by atoms with Crippen LogP contribution in [-0.4, -0.2) is 11.9 Å². The van der Waals surface area contributed by atoms with Gasteiger partial charge in [-0.2, -0.15) is 0 Å². The van der Waals surface area contributed by atoms with Gasteiger partial charge in [-0.25, -0.2) is 0 Å². The Morgan fingerprint density at radius 2 is 2.09 bits per heavy atom. The van der Waals surface area contributed by atoms with Crippen LogP contribution in [0.15, 0.2) is 53.6 Å². The SMILES string of the molecule is [N-]=[N+]=NC1CCc2ccccc2N(Cc2cccc(N)c2)C1=O. The second-order valence-electron chi connectivity index (χ2n) is 5.56. The summed E-state index contributed by atoms with van der Waals surface area (Å²) in [5.74, 6) is -0.171. The van der Waals surface area contributed by atoms with E-state index in [4.69, 9.17) is 11.3 Å². The Kier molecular flexibility index (Phi) is 4.17. The van der Waals surface area contributed by atoms with Crippen molar-refractivity contribution in [1.29, 1.82) is 0 Å². The van der Waals surface area contributed by atoms with Crippen molar-refractivity contribution in [1.82, 2.24) is 0 Å². The molecule has 1 amide bonds. The molecule has 2 N–H and O–H groups in total. The van der Waals surface area contributed by atoms with E-state index in [9.17, 15) is 4.79 Å². The maximum Gasteiger partial charge on any atom is 0.236 e. The molecule has 23 heavy (non-hydrogen) atoms. The molecular weight excluding hydrogens is 290 g/mol. The number of carbonyl (C=O) groups is 1. The molecule has 116 valence electrons. The minimum absolute atomic E-state index is 0.171. The first-order valence-electron chi connectivity index (χ1n) is 7.47. The predicted molar refractivity (Wildman–Crippen MR) is 89.7 cm³/mol. The van der Waals surface area contributed by atoms with Crippen molar-refractivity contribution >= 4 is 17.3 Å².